The third kappa shape index (κ3) is 37.5. The molecule has 2 rings (SSSR count). The van der Waals surface area contributed by atoms with E-state index in [4.69, 9.17) is 84.5 Å². The molecule has 0 radical (unpaired) electrons. The van der Waals surface area contributed by atoms with E-state index in [1.807, 2.05) is 36.4 Å². The molecular formula is C23H32Cl6N2O5. The van der Waals surface area contributed by atoms with Gasteiger partial charge in [0.05, 0.1) is 24.5 Å². The molecule has 0 bridgehead atoms. The average molecular weight is 629 g/mol. The molecule has 0 aliphatic carbocycles. The maximum Gasteiger partial charge on any atom is 0.203 e. The molecule has 0 amide bonds. The van der Waals surface area contributed by atoms with Crippen molar-refractivity contribution in [2.24, 2.45) is 0 Å². The number of rotatable bonds is 9. The van der Waals surface area contributed by atoms with Crippen molar-refractivity contribution in [1.82, 2.24) is 0 Å². The van der Waals surface area contributed by atoms with E-state index in [1.54, 1.807) is 6.92 Å². The number of alkyl halides is 6. The summed E-state index contributed by atoms with van der Waals surface area (Å²) in [4.78, 5) is 17.0. The van der Waals surface area contributed by atoms with E-state index in [-0.39, 0.29) is 16.8 Å². The molecule has 0 aliphatic heterocycles. The number of nitro groups is 2. The minimum absolute atomic E-state index is 0.0617. The lowest BCUT2D eigenvalue weighted by Crippen LogP contribution is -1.99. The van der Waals surface area contributed by atoms with Gasteiger partial charge in [-0.15, -0.1) is 69.6 Å². The van der Waals surface area contributed by atoms with E-state index < -0.39 is 9.76 Å². The van der Waals surface area contributed by atoms with Crippen LogP contribution < -0.4 is 0 Å². The van der Waals surface area contributed by atoms with Crippen LogP contribution in [0.2, 0.25) is 0 Å². The molecule has 0 atom stereocenters. The molecule has 2 aromatic rings. The molecule has 0 aromatic heterocycles. The second-order valence-corrected chi connectivity index (χ2v) is 9.23. The van der Waals surface area contributed by atoms with Crippen molar-refractivity contribution in [3.05, 3.63) is 92.0 Å². The van der Waals surface area contributed by atoms with Crippen LogP contribution in [0.15, 0.2) is 60.7 Å². The summed E-state index contributed by atoms with van der Waals surface area (Å²) in [6, 6.07) is 20.4. The van der Waals surface area contributed by atoms with Crippen LogP contribution in [0.5, 0.6) is 0 Å². The van der Waals surface area contributed by atoms with E-state index in [9.17, 15) is 10.1 Å². The number of ether oxygens (including phenoxy) is 1. The number of nitrogens with zero attached hydrogens (tertiary/aromatic N) is 2. The van der Waals surface area contributed by atoms with Gasteiger partial charge in [0.25, 0.3) is 0 Å². The van der Waals surface area contributed by atoms with Crippen molar-refractivity contribution in [3.63, 3.8) is 0 Å². The summed E-state index contributed by atoms with van der Waals surface area (Å²) in [6.45, 7) is 3.23. The molecule has 0 unspecified atom stereocenters. The first-order chi connectivity index (χ1) is 17.0. The highest BCUT2D eigenvalue weighted by atomic mass is 35.5. The standard InChI is InChI=1S/C14H14O.C3H5Cl3.C3H7NO2.C2H3Cl3.CH3NO2/c1-3-7-13(8-4-1)11-15-12-14-9-5-2-6-10-14;4-1-3(6)2-5;1-2-3-4(5)6;3-1-2(4)5;1-2(3)4/h1-10H,11-12H2;3H,1-2H2;2-3H2,1H3;2H,1H2;1H3. The zero-order valence-corrected chi connectivity index (χ0v) is 24.6. The summed E-state index contributed by atoms with van der Waals surface area (Å²) in [5.41, 5.74) is 2.43. The van der Waals surface area contributed by atoms with Crippen molar-refractivity contribution in [3.8, 4) is 0 Å². The number of benzene rings is 2. The highest BCUT2D eigenvalue weighted by Crippen LogP contribution is 2.05. The fourth-order valence-corrected chi connectivity index (χ4v) is 1.99. The van der Waals surface area contributed by atoms with Gasteiger partial charge < -0.3 is 4.74 Å². The second kappa shape index (κ2) is 30.2. The van der Waals surface area contributed by atoms with Gasteiger partial charge in [-0.2, -0.15) is 0 Å². The van der Waals surface area contributed by atoms with Gasteiger partial charge >= 0.3 is 0 Å². The van der Waals surface area contributed by atoms with Crippen LogP contribution in [-0.4, -0.2) is 51.3 Å². The van der Waals surface area contributed by atoms with Crippen LogP contribution in [0.25, 0.3) is 0 Å². The molecule has 36 heavy (non-hydrogen) atoms. The summed E-state index contributed by atoms with van der Waals surface area (Å²) in [5, 5.41) is 18.1. The molecule has 206 valence electrons. The van der Waals surface area contributed by atoms with Crippen molar-refractivity contribution < 1.29 is 14.6 Å². The number of halogens is 6. The summed E-state index contributed by atoms with van der Waals surface area (Å²) >= 11 is 31.1. The monoisotopic (exact) mass is 626 g/mol. The molecule has 0 aliphatic rings. The Morgan fingerprint density at radius 2 is 1.11 bits per heavy atom. The zero-order chi connectivity index (χ0) is 28.2. The minimum atomic E-state index is -0.500. The van der Waals surface area contributed by atoms with Gasteiger partial charge in [0.15, 0.2) is 7.05 Å². The van der Waals surface area contributed by atoms with Gasteiger partial charge in [-0.05, 0) is 11.1 Å². The largest absolute Gasteiger partial charge is 0.372 e. The lowest BCUT2D eigenvalue weighted by atomic mass is 10.2. The van der Waals surface area contributed by atoms with Crippen LogP contribution in [0.3, 0.4) is 0 Å². The third-order valence-electron chi connectivity index (χ3n) is 3.08. The van der Waals surface area contributed by atoms with Gasteiger partial charge in [-0.25, -0.2) is 0 Å². The van der Waals surface area contributed by atoms with Crippen LogP contribution in [0.1, 0.15) is 24.5 Å². The van der Waals surface area contributed by atoms with Crippen molar-refractivity contribution in [1.29, 1.82) is 0 Å². The molecule has 0 saturated heterocycles. The molecule has 0 N–H and O–H groups in total. The molecule has 13 heteroatoms. The average Bonchev–Trinajstić information content (AvgIpc) is 2.85. The molecule has 0 spiro atoms. The molecule has 7 nitrogen and oxygen atoms in total. The van der Waals surface area contributed by atoms with E-state index in [2.05, 4.69) is 24.3 Å². The Morgan fingerprint density at radius 1 is 0.778 bits per heavy atom. The summed E-state index contributed by atoms with van der Waals surface area (Å²) < 4.78 is 5.61. The maximum atomic E-state index is 9.40. The van der Waals surface area contributed by atoms with Crippen LogP contribution in [0, 0.1) is 20.2 Å². The van der Waals surface area contributed by atoms with Crippen LogP contribution >= 0.6 is 69.6 Å². The highest BCUT2D eigenvalue weighted by Gasteiger charge is 1.95. The Bertz CT molecular complexity index is 699. The lowest BCUT2D eigenvalue weighted by molar-refractivity contribution is -0.479. The topological polar surface area (TPSA) is 95.5 Å². The Hall–Kier alpha value is -1.06. The molecule has 0 saturated carbocycles. The number of hydrogen-bond acceptors (Lipinski definition) is 5. The summed E-state index contributed by atoms with van der Waals surface area (Å²) in [7, 11) is 0.889. The fraction of sp³-hybridized carbons (Fsp3) is 0.478. The third-order valence-corrected chi connectivity index (χ3v) is 5.38. The fourth-order valence-electron chi connectivity index (χ4n) is 1.66. The zero-order valence-electron chi connectivity index (χ0n) is 20.1. The van der Waals surface area contributed by atoms with Crippen LogP contribution in [0.4, 0.5) is 0 Å². The van der Waals surface area contributed by atoms with Crippen molar-refractivity contribution in [2.75, 3.05) is 31.2 Å². The number of hydrogen-bond donors (Lipinski definition) is 0. The first-order valence-corrected chi connectivity index (χ1v) is 13.4. The van der Waals surface area contributed by atoms with E-state index in [0.717, 1.165) is 7.05 Å². The maximum absolute atomic E-state index is 9.40. The van der Waals surface area contributed by atoms with E-state index in [1.165, 1.54) is 11.1 Å². The Morgan fingerprint density at radius 3 is 1.28 bits per heavy atom. The molecule has 0 heterocycles. The smallest absolute Gasteiger partial charge is 0.203 e. The van der Waals surface area contributed by atoms with Crippen molar-refractivity contribution in [2.45, 2.75) is 36.8 Å². The Labute approximate surface area is 243 Å². The predicted molar refractivity (Wildman–Crippen MR) is 154 cm³/mol. The van der Waals surface area contributed by atoms with E-state index >= 15 is 0 Å². The Balaban J connectivity index is -0.000000435. The first-order valence-electron chi connectivity index (χ1n) is 10.5. The van der Waals surface area contributed by atoms with Gasteiger partial charge in [0.1, 0.15) is 4.84 Å². The van der Waals surface area contributed by atoms with E-state index in [0.29, 0.717) is 37.3 Å². The Kier molecular flexibility index (Phi) is 33.1. The predicted octanol–water partition coefficient (Wildman–Crippen LogP) is 8.07. The highest BCUT2D eigenvalue weighted by molar-refractivity contribution is 6.47. The normalized spacial score (nSPS) is 9.28. The van der Waals surface area contributed by atoms with Gasteiger partial charge in [0.2, 0.25) is 6.54 Å². The first kappa shape index (κ1) is 39.5. The molecule has 2 aromatic carbocycles. The second-order valence-electron chi connectivity index (χ2n) is 6.41. The van der Waals surface area contributed by atoms with Gasteiger partial charge in [-0.1, -0.05) is 67.6 Å². The minimum Gasteiger partial charge on any atom is -0.372 e. The summed E-state index contributed by atoms with van der Waals surface area (Å²) in [5.74, 6) is 1.18. The summed E-state index contributed by atoms with van der Waals surface area (Å²) in [6.07, 6.45) is 0.632. The van der Waals surface area contributed by atoms with Gasteiger partial charge in [-0.3, -0.25) is 20.2 Å². The molecule has 0 fully saturated rings. The molecular weight excluding hydrogens is 597 g/mol. The SMILES string of the molecule is CCC[N+](=O)[O-].C[N+](=O)[O-].ClCC(Cl)CCl.ClCC(Cl)Cl.c1ccc(COCc2ccccc2)cc1. The van der Waals surface area contributed by atoms with Gasteiger partial charge in [0, 0.05) is 28.0 Å². The lowest BCUT2D eigenvalue weighted by Gasteiger charge is -2.03. The van der Waals surface area contributed by atoms with Crippen LogP contribution in [-0.2, 0) is 18.0 Å². The quantitative estimate of drug-likeness (QED) is 0.159. The van der Waals surface area contributed by atoms with Crippen molar-refractivity contribution >= 4 is 69.6 Å².